The molecule has 23 heavy (non-hydrogen) atoms. The second-order valence-corrected chi connectivity index (χ2v) is 8.95. The normalized spacial score (nSPS) is 20.1. The minimum atomic E-state index is 0.796. The Kier molecular flexibility index (Phi) is 6.62. The highest BCUT2D eigenvalue weighted by Gasteiger charge is 2.22. The van der Waals surface area contributed by atoms with E-state index in [1.165, 1.54) is 81.5 Å². The van der Waals surface area contributed by atoms with Crippen molar-refractivity contribution in [2.45, 2.75) is 89.9 Å². The zero-order chi connectivity index (χ0) is 16.1. The molecule has 0 heterocycles. The summed E-state index contributed by atoms with van der Waals surface area (Å²) in [4.78, 5) is 0. The predicted octanol–water partition coefficient (Wildman–Crippen LogP) is 7.65. The summed E-state index contributed by atoms with van der Waals surface area (Å²) in [5.41, 5.74) is 3.31. The quantitative estimate of drug-likeness (QED) is 0.415. The molecule has 1 aromatic carbocycles. The Balaban J connectivity index is 1.67. The first-order valence-electron chi connectivity index (χ1n) is 10.0. The molecular formula is C22H33Br. The third-order valence-corrected chi connectivity index (χ3v) is 6.87. The summed E-state index contributed by atoms with van der Waals surface area (Å²) in [6, 6.07) is 7.12. The van der Waals surface area contributed by atoms with E-state index < -0.39 is 0 Å². The molecule has 1 unspecified atom stereocenters. The van der Waals surface area contributed by atoms with Gasteiger partial charge < -0.3 is 0 Å². The van der Waals surface area contributed by atoms with Gasteiger partial charge in [-0.3, -0.25) is 0 Å². The first kappa shape index (κ1) is 17.5. The molecule has 3 rings (SSSR count). The molecule has 2 aliphatic rings. The molecule has 0 saturated heterocycles. The number of benzene rings is 1. The van der Waals surface area contributed by atoms with E-state index in [1.54, 1.807) is 11.1 Å². The van der Waals surface area contributed by atoms with Crippen LogP contribution >= 0.6 is 15.9 Å². The van der Waals surface area contributed by atoms with Gasteiger partial charge in [-0.25, -0.2) is 0 Å². The third kappa shape index (κ3) is 4.84. The molecule has 0 nitrogen and oxygen atoms in total. The number of aryl methyl sites for hydroxylation is 1. The van der Waals surface area contributed by atoms with Crippen molar-refractivity contribution in [3.8, 4) is 0 Å². The highest BCUT2D eigenvalue weighted by molar-refractivity contribution is 9.10. The maximum Gasteiger partial charge on any atom is 0.0178 e. The molecule has 128 valence electrons. The van der Waals surface area contributed by atoms with E-state index in [0.29, 0.717) is 0 Å². The SMILES string of the molecule is CCCC(CCC1CCC1)c1ccc(Br)cc1CCC1CCC1. The average Bonchev–Trinajstić information content (AvgIpc) is 2.43. The molecule has 0 bridgehead atoms. The maximum atomic E-state index is 3.71. The number of halogens is 1. The summed E-state index contributed by atoms with van der Waals surface area (Å²) in [6.07, 6.45) is 17.1. The van der Waals surface area contributed by atoms with Crippen LogP contribution in [0.1, 0.15) is 94.6 Å². The van der Waals surface area contributed by atoms with Gasteiger partial charge >= 0.3 is 0 Å². The molecule has 2 fully saturated rings. The molecule has 1 atom stereocenters. The smallest absolute Gasteiger partial charge is 0.0178 e. The minimum Gasteiger partial charge on any atom is -0.0654 e. The molecule has 0 amide bonds. The largest absolute Gasteiger partial charge is 0.0654 e. The summed E-state index contributed by atoms with van der Waals surface area (Å²) < 4.78 is 1.26. The minimum absolute atomic E-state index is 0.796. The average molecular weight is 377 g/mol. The van der Waals surface area contributed by atoms with Crippen molar-refractivity contribution in [3.63, 3.8) is 0 Å². The van der Waals surface area contributed by atoms with Gasteiger partial charge in [0.25, 0.3) is 0 Å². The van der Waals surface area contributed by atoms with Gasteiger partial charge in [0.15, 0.2) is 0 Å². The standard InChI is InChI=1S/C22H33Br/c1-2-5-19(12-10-17-6-3-7-17)22-15-14-21(23)16-20(22)13-11-18-8-4-9-18/h14-19H,2-13H2,1H3. The van der Waals surface area contributed by atoms with Gasteiger partial charge in [-0.2, -0.15) is 0 Å². The molecule has 2 aliphatic carbocycles. The van der Waals surface area contributed by atoms with Gasteiger partial charge in [-0.15, -0.1) is 0 Å². The van der Waals surface area contributed by atoms with E-state index in [2.05, 4.69) is 41.1 Å². The second kappa shape index (κ2) is 8.70. The summed E-state index contributed by atoms with van der Waals surface area (Å²) >= 11 is 3.71. The Morgan fingerprint density at radius 3 is 2.30 bits per heavy atom. The van der Waals surface area contributed by atoms with Gasteiger partial charge in [0.1, 0.15) is 0 Å². The van der Waals surface area contributed by atoms with Crippen LogP contribution in [0.4, 0.5) is 0 Å². The Bertz CT molecular complexity index is 485. The highest BCUT2D eigenvalue weighted by Crippen LogP contribution is 2.38. The maximum absolute atomic E-state index is 3.71. The van der Waals surface area contributed by atoms with Crippen molar-refractivity contribution in [1.82, 2.24) is 0 Å². The Hall–Kier alpha value is -0.300. The zero-order valence-corrected chi connectivity index (χ0v) is 16.4. The second-order valence-electron chi connectivity index (χ2n) is 8.04. The summed E-state index contributed by atoms with van der Waals surface area (Å²) in [6.45, 7) is 2.35. The van der Waals surface area contributed by atoms with Gasteiger partial charge in [-0.1, -0.05) is 73.9 Å². The summed E-state index contributed by atoms with van der Waals surface area (Å²) in [5.74, 6) is 2.86. The van der Waals surface area contributed by atoms with Crippen LogP contribution in [0.25, 0.3) is 0 Å². The highest BCUT2D eigenvalue weighted by atomic mass is 79.9. The van der Waals surface area contributed by atoms with Crippen LogP contribution in [0.5, 0.6) is 0 Å². The van der Waals surface area contributed by atoms with E-state index in [0.717, 1.165) is 17.8 Å². The third-order valence-electron chi connectivity index (χ3n) is 6.38. The Morgan fingerprint density at radius 2 is 1.70 bits per heavy atom. The van der Waals surface area contributed by atoms with Gasteiger partial charge in [0.2, 0.25) is 0 Å². The van der Waals surface area contributed by atoms with Crippen LogP contribution in [0.2, 0.25) is 0 Å². The van der Waals surface area contributed by atoms with Crippen LogP contribution in [0.3, 0.4) is 0 Å². The monoisotopic (exact) mass is 376 g/mol. The number of hydrogen-bond acceptors (Lipinski definition) is 0. The lowest BCUT2D eigenvalue weighted by molar-refractivity contribution is 0.279. The van der Waals surface area contributed by atoms with Gasteiger partial charge in [0.05, 0.1) is 0 Å². The van der Waals surface area contributed by atoms with Crippen molar-refractivity contribution in [2.75, 3.05) is 0 Å². The van der Waals surface area contributed by atoms with Crippen molar-refractivity contribution < 1.29 is 0 Å². The summed E-state index contributed by atoms with van der Waals surface area (Å²) in [5, 5.41) is 0. The van der Waals surface area contributed by atoms with Crippen LogP contribution < -0.4 is 0 Å². The molecule has 0 radical (unpaired) electrons. The van der Waals surface area contributed by atoms with Crippen molar-refractivity contribution in [1.29, 1.82) is 0 Å². The number of rotatable bonds is 9. The van der Waals surface area contributed by atoms with Crippen LogP contribution in [0, 0.1) is 11.8 Å². The molecule has 0 N–H and O–H groups in total. The predicted molar refractivity (Wildman–Crippen MR) is 104 cm³/mol. The van der Waals surface area contributed by atoms with Crippen LogP contribution in [-0.4, -0.2) is 0 Å². The lowest BCUT2D eigenvalue weighted by Crippen LogP contribution is -2.14. The van der Waals surface area contributed by atoms with E-state index in [4.69, 9.17) is 0 Å². The molecule has 1 heteroatoms. The Labute approximate surface area is 151 Å². The number of hydrogen-bond donors (Lipinski definition) is 0. The summed E-state index contributed by atoms with van der Waals surface area (Å²) in [7, 11) is 0. The van der Waals surface area contributed by atoms with Gasteiger partial charge in [0, 0.05) is 4.47 Å². The first-order chi connectivity index (χ1) is 11.3. The lowest BCUT2D eigenvalue weighted by atomic mass is 9.77. The molecule has 0 aromatic heterocycles. The van der Waals surface area contributed by atoms with Crippen molar-refractivity contribution >= 4 is 15.9 Å². The topological polar surface area (TPSA) is 0 Å². The van der Waals surface area contributed by atoms with Crippen LogP contribution in [-0.2, 0) is 6.42 Å². The van der Waals surface area contributed by atoms with E-state index in [-0.39, 0.29) is 0 Å². The molecule has 0 aliphatic heterocycles. The molecule has 2 saturated carbocycles. The fourth-order valence-corrected chi connectivity index (χ4v) is 4.76. The van der Waals surface area contributed by atoms with E-state index in [1.807, 2.05) is 0 Å². The van der Waals surface area contributed by atoms with Crippen molar-refractivity contribution in [3.05, 3.63) is 33.8 Å². The Morgan fingerprint density at radius 1 is 1.00 bits per heavy atom. The molecule has 0 spiro atoms. The van der Waals surface area contributed by atoms with E-state index >= 15 is 0 Å². The fraction of sp³-hybridized carbons (Fsp3) is 0.727. The van der Waals surface area contributed by atoms with Crippen LogP contribution in [0.15, 0.2) is 22.7 Å². The lowest BCUT2D eigenvalue weighted by Gasteiger charge is -2.29. The fourth-order valence-electron chi connectivity index (χ4n) is 4.35. The molecule has 1 aromatic rings. The van der Waals surface area contributed by atoms with Gasteiger partial charge in [-0.05, 0) is 73.1 Å². The zero-order valence-electron chi connectivity index (χ0n) is 14.8. The first-order valence-corrected chi connectivity index (χ1v) is 10.8. The van der Waals surface area contributed by atoms with Crippen molar-refractivity contribution in [2.24, 2.45) is 11.8 Å². The molecular weight excluding hydrogens is 344 g/mol. The van der Waals surface area contributed by atoms with E-state index in [9.17, 15) is 0 Å².